The molecule has 1 aromatic heterocycles. The highest BCUT2D eigenvalue weighted by molar-refractivity contribution is 7.07. The van der Waals surface area contributed by atoms with Crippen molar-refractivity contribution in [1.82, 2.24) is 4.57 Å². The molecule has 0 N–H and O–H groups in total. The summed E-state index contributed by atoms with van der Waals surface area (Å²) >= 11 is 1.26. The molecule has 0 saturated heterocycles. The molecule has 3 aromatic carbocycles. The summed E-state index contributed by atoms with van der Waals surface area (Å²) in [6.45, 7) is 4.32. The molecule has 0 spiro atoms. The quantitative estimate of drug-likeness (QED) is 0.277. The van der Waals surface area contributed by atoms with Crippen LogP contribution in [0.4, 0.5) is 0 Å². The summed E-state index contributed by atoms with van der Waals surface area (Å²) in [6, 6.07) is 21.6. The molecule has 1 aliphatic rings. The van der Waals surface area contributed by atoms with Gasteiger partial charge in [-0.05, 0) is 60.9 Å². The van der Waals surface area contributed by atoms with Crippen LogP contribution in [0.1, 0.15) is 36.6 Å². The van der Waals surface area contributed by atoms with Crippen LogP contribution in [0.5, 0.6) is 17.2 Å². The maximum Gasteiger partial charge on any atom is 0.338 e. The van der Waals surface area contributed by atoms with Crippen molar-refractivity contribution in [3.63, 3.8) is 0 Å². The topological polar surface area (TPSA) is 88.4 Å². The minimum Gasteiger partial charge on any atom is -0.494 e. The number of carbonyl (C=O) groups is 1. The lowest BCUT2D eigenvalue weighted by atomic mass is 9.96. The van der Waals surface area contributed by atoms with E-state index in [1.54, 1.807) is 43.9 Å². The molecule has 1 atom stereocenters. The fourth-order valence-corrected chi connectivity index (χ4v) is 5.75. The lowest BCUT2D eigenvalue weighted by Crippen LogP contribution is -2.39. The Morgan fingerprint density at radius 1 is 1.00 bits per heavy atom. The Bertz CT molecular complexity index is 1770. The monoisotopic (exact) mass is 570 g/mol. The summed E-state index contributed by atoms with van der Waals surface area (Å²) < 4.78 is 24.1. The first-order valence-corrected chi connectivity index (χ1v) is 13.9. The fraction of sp³-hybridized carbons (Fsp3) is 0.219. The number of methoxy groups -OCH3 is 2. The zero-order valence-electron chi connectivity index (χ0n) is 23.2. The third-order valence-corrected chi connectivity index (χ3v) is 7.65. The smallest absolute Gasteiger partial charge is 0.338 e. The van der Waals surface area contributed by atoms with Crippen LogP contribution < -0.4 is 29.1 Å². The number of fused-ring (bicyclic) bond motifs is 1. The summed E-state index contributed by atoms with van der Waals surface area (Å²) in [5.74, 6) is 1.32. The van der Waals surface area contributed by atoms with Crippen LogP contribution in [0, 0.1) is 0 Å². The van der Waals surface area contributed by atoms with Crippen LogP contribution in [-0.4, -0.2) is 31.4 Å². The van der Waals surface area contributed by atoms with Gasteiger partial charge in [-0.25, -0.2) is 9.79 Å². The molecule has 0 aliphatic carbocycles. The Hall–Kier alpha value is -4.63. The van der Waals surface area contributed by atoms with E-state index in [0.717, 1.165) is 16.7 Å². The van der Waals surface area contributed by atoms with Crippen molar-refractivity contribution in [1.29, 1.82) is 0 Å². The van der Waals surface area contributed by atoms with Gasteiger partial charge in [0.2, 0.25) is 0 Å². The maximum absolute atomic E-state index is 13.9. The highest BCUT2D eigenvalue weighted by Crippen LogP contribution is 2.32. The van der Waals surface area contributed by atoms with Gasteiger partial charge in [0.15, 0.2) is 16.3 Å². The summed E-state index contributed by atoms with van der Waals surface area (Å²) in [6.07, 6.45) is 1.79. The predicted molar refractivity (Wildman–Crippen MR) is 157 cm³/mol. The van der Waals surface area contributed by atoms with Crippen molar-refractivity contribution in [2.45, 2.75) is 26.5 Å². The van der Waals surface area contributed by atoms with Crippen LogP contribution in [-0.2, 0) is 16.1 Å². The van der Waals surface area contributed by atoms with Crippen LogP contribution in [0.15, 0.2) is 93.9 Å². The van der Waals surface area contributed by atoms with Gasteiger partial charge in [0, 0.05) is 0 Å². The van der Waals surface area contributed by atoms with Crippen LogP contribution >= 0.6 is 11.3 Å². The predicted octanol–water partition coefficient (Wildman–Crippen LogP) is 4.39. The van der Waals surface area contributed by atoms with Gasteiger partial charge in [-0.2, -0.15) is 0 Å². The minimum atomic E-state index is -0.724. The Morgan fingerprint density at radius 2 is 1.73 bits per heavy atom. The Kier molecular flexibility index (Phi) is 8.35. The molecule has 2 heterocycles. The van der Waals surface area contributed by atoms with E-state index in [2.05, 4.69) is 4.99 Å². The van der Waals surface area contributed by atoms with Crippen molar-refractivity contribution in [3.05, 3.63) is 120 Å². The number of hydrogen-bond donors (Lipinski definition) is 0. The van der Waals surface area contributed by atoms with Gasteiger partial charge in [-0.15, -0.1) is 0 Å². The van der Waals surface area contributed by atoms with E-state index in [1.807, 2.05) is 67.6 Å². The van der Waals surface area contributed by atoms with Gasteiger partial charge < -0.3 is 18.9 Å². The van der Waals surface area contributed by atoms with Gasteiger partial charge in [-0.1, -0.05) is 59.9 Å². The van der Waals surface area contributed by atoms with E-state index in [-0.39, 0.29) is 12.2 Å². The van der Waals surface area contributed by atoms with Gasteiger partial charge in [0.25, 0.3) is 5.56 Å². The van der Waals surface area contributed by atoms with E-state index >= 15 is 0 Å². The Morgan fingerprint density at radius 3 is 2.41 bits per heavy atom. The number of nitrogens with zero attached hydrogens (tertiary/aromatic N) is 2. The standard InChI is InChI=1S/C32H30N2O6S/c1-5-39-24-14-12-23(13-15-24)29-28(31(36)40-19-21-9-7-6-8-10-21)20(2)33-32-34(29)30(35)27(41-32)18-22-11-16-25(37-3)26(17-22)38-4/h6-18,29H,5,19H2,1-4H3. The molecule has 0 fully saturated rings. The number of ether oxygens (including phenoxy) is 4. The molecular formula is C32H30N2O6S. The van der Waals surface area contributed by atoms with Gasteiger partial charge >= 0.3 is 5.97 Å². The molecule has 0 radical (unpaired) electrons. The number of esters is 1. The average molecular weight is 571 g/mol. The molecule has 9 heteroatoms. The van der Waals surface area contributed by atoms with Gasteiger partial charge in [-0.3, -0.25) is 9.36 Å². The molecular weight excluding hydrogens is 540 g/mol. The third-order valence-electron chi connectivity index (χ3n) is 6.67. The van der Waals surface area contributed by atoms with E-state index in [0.29, 0.717) is 44.5 Å². The zero-order chi connectivity index (χ0) is 28.9. The SMILES string of the molecule is CCOc1ccc(C2C(C(=O)OCc3ccccc3)=C(C)N=c3sc(=Cc4ccc(OC)c(OC)c4)c(=O)n32)cc1. The molecule has 0 saturated carbocycles. The second-order valence-corrected chi connectivity index (χ2v) is 10.3. The van der Waals surface area contributed by atoms with Crippen molar-refractivity contribution in [3.8, 4) is 17.2 Å². The fourth-order valence-electron chi connectivity index (χ4n) is 4.71. The van der Waals surface area contributed by atoms with Gasteiger partial charge in [0.1, 0.15) is 12.4 Å². The lowest BCUT2D eigenvalue weighted by molar-refractivity contribution is -0.140. The number of carbonyl (C=O) groups excluding carboxylic acids is 1. The molecule has 0 amide bonds. The first-order valence-electron chi connectivity index (χ1n) is 13.1. The zero-order valence-corrected chi connectivity index (χ0v) is 24.1. The summed E-state index contributed by atoms with van der Waals surface area (Å²) in [7, 11) is 3.13. The summed E-state index contributed by atoms with van der Waals surface area (Å²) in [5, 5.41) is 0. The molecule has 41 heavy (non-hydrogen) atoms. The highest BCUT2D eigenvalue weighted by Gasteiger charge is 2.33. The third kappa shape index (κ3) is 5.81. The normalized spacial score (nSPS) is 14.7. The average Bonchev–Trinajstić information content (AvgIpc) is 3.30. The molecule has 5 rings (SSSR count). The first-order chi connectivity index (χ1) is 19.9. The summed E-state index contributed by atoms with van der Waals surface area (Å²) in [5.41, 5.74) is 2.93. The maximum atomic E-state index is 13.9. The van der Waals surface area contributed by atoms with Gasteiger partial charge in [0.05, 0.1) is 42.7 Å². The number of allylic oxidation sites excluding steroid dienone is 1. The molecule has 4 aromatic rings. The molecule has 210 valence electrons. The molecule has 1 aliphatic heterocycles. The van der Waals surface area contributed by atoms with E-state index in [4.69, 9.17) is 18.9 Å². The second-order valence-electron chi connectivity index (χ2n) is 9.26. The number of hydrogen-bond acceptors (Lipinski definition) is 8. The van der Waals surface area contributed by atoms with Crippen LogP contribution in [0.25, 0.3) is 6.08 Å². The Labute approximate surface area is 241 Å². The molecule has 1 unspecified atom stereocenters. The van der Waals surface area contributed by atoms with E-state index < -0.39 is 12.0 Å². The Balaban J connectivity index is 1.60. The minimum absolute atomic E-state index is 0.107. The highest BCUT2D eigenvalue weighted by atomic mass is 32.1. The molecule has 0 bridgehead atoms. The van der Waals surface area contributed by atoms with Crippen molar-refractivity contribution >= 4 is 23.4 Å². The van der Waals surface area contributed by atoms with Crippen molar-refractivity contribution < 1.29 is 23.7 Å². The first kappa shape index (κ1) is 27.9. The number of thiazole rings is 1. The second kappa shape index (κ2) is 12.3. The number of rotatable bonds is 9. The van der Waals surface area contributed by atoms with E-state index in [9.17, 15) is 9.59 Å². The molecule has 8 nitrogen and oxygen atoms in total. The lowest BCUT2D eigenvalue weighted by Gasteiger charge is -2.25. The largest absolute Gasteiger partial charge is 0.494 e. The number of benzene rings is 3. The van der Waals surface area contributed by atoms with Crippen molar-refractivity contribution in [2.75, 3.05) is 20.8 Å². The number of aromatic nitrogens is 1. The van der Waals surface area contributed by atoms with E-state index in [1.165, 1.54) is 11.3 Å². The summed E-state index contributed by atoms with van der Waals surface area (Å²) in [4.78, 5) is 32.7. The van der Waals surface area contributed by atoms with Crippen molar-refractivity contribution in [2.24, 2.45) is 4.99 Å². The van der Waals surface area contributed by atoms with Crippen LogP contribution in [0.3, 0.4) is 0 Å². The van der Waals surface area contributed by atoms with Crippen LogP contribution in [0.2, 0.25) is 0 Å².